The van der Waals surface area contributed by atoms with Crippen LogP contribution in [0.25, 0.3) is 0 Å². The van der Waals surface area contributed by atoms with Gasteiger partial charge in [0.15, 0.2) is 0 Å². The topological polar surface area (TPSA) is 15.3 Å². The summed E-state index contributed by atoms with van der Waals surface area (Å²) in [5.74, 6) is 1.34. The van der Waals surface area contributed by atoms with Crippen molar-refractivity contribution in [2.45, 2.75) is 33.2 Å². The van der Waals surface area contributed by atoms with Crippen LogP contribution in [0, 0.1) is 17.7 Å². The summed E-state index contributed by atoms with van der Waals surface area (Å²) in [5.41, 5.74) is 1.18. The first kappa shape index (κ1) is 16.9. The third-order valence-electron chi connectivity index (χ3n) is 4.08. The summed E-state index contributed by atoms with van der Waals surface area (Å²) in [5, 5.41) is 3.57. The van der Waals surface area contributed by atoms with E-state index in [1.807, 2.05) is 12.1 Å². The Balaban J connectivity index is 1.72. The number of likely N-dealkylation sites (tertiary alicyclic amines) is 1. The maximum atomic E-state index is 13.2. The highest BCUT2D eigenvalue weighted by molar-refractivity contribution is 9.10. The second-order valence-corrected chi connectivity index (χ2v) is 7.37. The molecule has 1 aliphatic heterocycles. The van der Waals surface area contributed by atoms with Crippen LogP contribution in [0.3, 0.4) is 0 Å². The Kier molecular flexibility index (Phi) is 6.65. The van der Waals surface area contributed by atoms with Crippen LogP contribution in [0.15, 0.2) is 22.7 Å². The maximum Gasteiger partial charge on any atom is 0.137 e. The van der Waals surface area contributed by atoms with E-state index in [-0.39, 0.29) is 5.82 Å². The summed E-state index contributed by atoms with van der Waals surface area (Å²) < 4.78 is 13.8. The molecule has 0 bridgehead atoms. The molecular formula is C17H26BrFN2. The van der Waals surface area contributed by atoms with Gasteiger partial charge in [0.05, 0.1) is 4.47 Å². The van der Waals surface area contributed by atoms with Crippen LogP contribution in [-0.4, -0.2) is 31.1 Å². The third kappa shape index (κ3) is 5.68. The molecule has 1 fully saturated rings. The zero-order chi connectivity index (χ0) is 15.2. The normalized spacial score (nSPS) is 17.6. The van der Waals surface area contributed by atoms with Crippen molar-refractivity contribution in [1.82, 2.24) is 10.2 Å². The first-order chi connectivity index (χ1) is 10.0. The number of hydrogen-bond donors (Lipinski definition) is 1. The summed E-state index contributed by atoms with van der Waals surface area (Å²) >= 11 is 3.26. The molecule has 0 aliphatic carbocycles. The molecule has 2 nitrogen and oxygen atoms in total. The average molecular weight is 357 g/mol. The van der Waals surface area contributed by atoms with Crippen LogP contribution in [-0.2, 0) is 6.54 Å². The fraction of sp³-hybridized carbons (Fsp3) is 0.647. The molecule has 1 heterocycles. The largest absolute Gasteiger partial charge is 0.316 e. The highest BCUT2D eigenvalue weighted by Crippen LogP contribution is 2.21. The molecular weight excluding hydrogens is 331 g/mol. The lowest BCUT2D eigenvalue weighted by Gasteiger charge is -2.32. The quantitative estimate of drug-likeness (QED) is 0.827. The molecule has 4 heteroatoms. The van der Waals surface area contributed by atoms with Gasteiger partial charge in [-0.3, -0.25) is 4.90 Å². The molecule has 1 aliphatic rings. The van der Waals surface area contributed by atoms with Gasteiger partial charge in [-0.05, 0) is 84.5 Å². The standard InChI is InChI=1S/C17H26BrFN2/c1-13(2)10-20-11-14-5-7-21(8-6-14)12-15-3-4-17(19)16(18)9-15/h3-4,9,13-14,20H,5-8,10-12H2,1-2H3. The van der Waals surface area contributed by atoms with Gasteiger partial charge in [-0.15, -0.1) is 0 Å². The molecule has 0 atom stereocenters. The second kappa shape index (κ2) is 8.25. The predicted octanol–water partition coefficient (Wildman–Crippen LogP) is 4.05. The fourth-order valence-electron chi connectivity index (χ4n) is 2.82. The van der Waals surface area contributed by atoms with Gasteiger partial charge in [-0.25, -0.2) is 4.39 Å². The van der Waals surface area contributed by atoms with Crippen molar-refractivity contribution in [2.75, 3.05) is 26.2 Å². The zero-order valence-electron chi connectivity index (χ0n) is 13.0. The summed E-state index contributed by atoms with van der Waals surface area (Å²) in [7, 11) is 0. The third-order valence-corrected chi connectivity index (χ3v) is 4.69. The molecule has 118 valence electrons. The van der Waals surface area contributed by atoms with Crippen molar-refractivity contribution in [3.8, 4) is 0 Å². The van der Waals surface area contributed by atoms with Crippen molar-refractivity contribution >= 4 is 15.9 Å². The van der Waals surface area contributed by atoms with Crippen molar-refractivity contribution in [2.24, 2.45) is 11.8 Å². The van der Waals surface area contributed by atoms with Crippen LogP contribution in [0.5, 0.6) is 0 Å². The first-order valence-corrected chi connectivity index (χ1v) is 8.71. The first-order valence-electron chi connectivity index (χ1n) is 7.91. The molecule has 0 unspecified atom stereocenters. The number of piperidine rings is 1. The van der Waals surface area contributed by atoms with Crippen LogP contribution >= 0.6 is 15.9 Å². The summed E-state index contributed by atoms with van der Waals surface area (Å²) in [6, 6.07) is 5.32. The van der Waals surface area contributed by atoms with Gasteiger partial charge in [-0.2, -0.15) is 0 Å². The number of benzene rings is 1. The molecule has 21 heavy (non-hydrogen) atoms. The lowest BCUT2D eigenvalue weighted by molar-refractivity contribution is 0.175. The number of halogens is 2. The minimum Gasteiger partial charge on any atom is -0.316 e. The van der Waals surface area contributed by atoms with Gasteiger partial charge in [0.25, 0.3) is 0 Å². The molecule has 0 spiro atoms. The number of nitrogens with one attached hydrogen (secondary N) is 1. The molecule has 0 saturated carbocycles. The highest BCUT2D eigenvalue weighted by atomic mass is 79.9. The molecule has 1 aromatic carbocycles. The fourth-order valence-corrected chi connectivity index (χ4v) is 3.25. The van der Waals surface area contributed by atoms with E-state index in [0.29, 0.717) is 4.47 Å². The van der Waals surface area contributed by atoms with Crippen LogP contribution < -0.4 is 5.32 Å². The van der Waals surface area contributed by atoms with Gasteiger partial charge in [0.1, 0.15) is 5.82 Å². The van der Waals surface area contributed by atoms with E-state index in [1.165, 1.54) is 18.4 Å². The molecule has 0 amide bonds. The zero-order valence-corrected chi connectivity index (χ0v) is 14.6. The summed E-state index contributed by atoms with van der Waals surface area (Å²) in [6.07, 6.45) is 2.51. The Morgan fingerprint density at radius 2 is 2.05 bits per heavy atom. The van der Waals surface area contributed by atoms with E-state index in [1.54, 1.807) is 6.07 Å². The Hall–Kier alpha value is -0.450. The number of nitrogens with zero attached hydrogens (tertiary/aromatic N) is 1. The highest BCUT2D eigenvalue weighted by Gasteiger charge is 2.19. The Labute approximate surface area is 136 Å². The van der Waals surface area contributed by atoms with Gasteiger partial charge in [0.2, 0.25) is 0 Å². The van der Waals surface area contributed by atoms with E-state index < -0.39 is 0 Å². The van der Waals surface area contributed by atoms with E-state index >= 15 is 0 Å². The van der Waals surface area contributed by atoms with Gasteiger partial charge < -0.3 is 5.32 Å². The van der Waals surface area contributed by atoms with Crippen LogP contribution in [0.1, 0.15) is 32.3 Å². The smallest absolute Gasteiger partial charge is 0.137 e. The van der Waals surface area contributed by atoms with Crippen LogP contribution in [0.2, 0.25) is 0 Å². The average Bonchev–Trinajstić information content (AvgIpc) is 2.44. The van der Waals surface area contributed by atoms with E-state index in [2.05, 4.69) is 40.0 Å². The van der Waals surface area contributed by atoms with Crippen molar-refractivity contribution in [3.63, 3.8) is 0 Å². The van der Waals surface area contributed by atoms with E-state index in [0.717, 1.165) is 44.6 Å². The molecule has 2 rings (SSSR count). The summed E-state index contributed by atoms with van der Waals surface area (Å²) in [6.45, 7) is 9.96. The van der Waals surface area contributed by atoms with E-state index in [9.17, 15) is 4.39 Å². The summed E-state index contributed by atoms with van der Waals surface area (Å²) in [4.78, 5) is 2.47. The number of hydrogen-bond acceptors (Lipinski definition) is 2. The van der Waals surface area contributed by atoms with Crippen molar-refractivity contribution in [1.29, 1.82) is 0 Å². The molecule has 1 aromatic rings. The van der Waals surface area contributed by atoms with E-state index in [4.69, 9.17) is 0 Å². The SMILES string of the molecule is CC(C)CNCC1CCN(Cc2ccc(F)c(Br)c2)CC1. The molecule has 0 aromatic heterocycles. The molecule has 0 radical (unpaired) electrons. The van der Waals surface area contributed by atoms with Gasteiger partial charge in [-0.1, -0.05) is 19.9 Å². The second-order valence-electron chi connectivity index (χ2n) is 6.52. The Morgan fingerprint density at radius 1 is 1.33 bits per heavy atom. The lowest BCUT2D eigenvalue weighted by Crippen LogP contribution is -2.37. The van der Waals surface area contributed by atoms with Crippen LogP contribution in [0.4, 0.5) is 4.39 Å². The van der Waals surface area contributed by atoms with Gasteiger partial charge in [0, 0.05) is 6.54 Å². The Morgan fingerprint density at radius 3 is 2.67 bits per heavy atom. The van der Waals surface area contributed by atoms with Crippen molar-refractivity contribution in [3.05, 3.63) is 34.1 Å². The van der Waals surface area contributed by atoms with Gasteiger partial charge >= 0.3 is 0 Å². The Bertz CT molecular complexity index is 442. The predicted molar refractivity (Wildman–Crippen MR) is 89.8 cm³/mol. The minimum atomic E-state index is -0.186. The van der Waals surface area contributed by atoms with Crippen molar-refractivity contribution < 1.29 is 4.39 Å². The monoisotopic (exact) mass is 356 g/mol. The molecule has 1 N–H and O–H groups in total. The minimum absolute atomic E-state index is 0.186. The lowest BCUT2D eigenvalue weighted by atomic mass is 9.96. The number of rotatable bonds is 6. The molecule has 1 saturated heterocycles. The maximum absolute atomic E-state index is 13.2.